The standard InChI is InChI=1S/C20H26N6O3S/c1-26-13-22-25-20(26)30-12-14-7-9-16(10-8-14)19(29)24-23-17(27)11-21-18(28)15-5-3-2-4-6-15/h7-10,13,15H,2-6,11-12H2,1H3,(H,21,28)(H,23,27)(H,24,29). The van der Waals surface area contributed by atoms with E-state index in [2.05, 4.69) is 26.4 Å². The van der Waals surface area contributed by atoms with Gasteiger partial charge in [-0.3, -0.25) is 25.2 Å². The summed E-state index contributed by atoms with van der Waals surface area (Å²) in [7, 11) is 1.88. The number of benzene rings is 1. The van der Waals surface area contributed by atoms with Crippen molar-refractivity contribution in [3.8, 4) is 0 Å². The third kappa shape index (κ3) is 6.31. The van der Waals surface area contributed by atoms with Gasteiger partial charge in [-0.15, -0.1) is 10.2 Å². The minimum atomic E-state index is -0.468. The summed E-state index contributed by atoms with van der Waals surface area (Å²) in [5.41, 5.74) is 6.16. The Morgan fingerprint density at radius 1 is 1.10 bits per heavy atom. The van der Waals surface area contributed by atoms with Gasteiger partial charge in [0.2, 0.25) is 5.91 Å². The summed E-state index contributed by atoms with van der Waals surface area (Å²) >= 11 is 1.55. The van der Waals surface area contributed by atoms with E-state index in [4.69, 9.17) is 0 Å². The lowest BCUT2D eigenvalue weighted by atomic mass is 9.89. The molecule has 10 heteroatoms. The quantitative estimate of drug-likeness (QED) is 0.453. The fraction of sp³-hybridized carbons (Fsp3) is 0.450. The molecular weight excluding hydrogens is 404 g/mol. The van der Waals surface area contributed by atoms with Crippen molar-refractivity contribution in [2.75, 3.05) is 6.54 Å². The van der Waals surface area contributed by atoms with Gasteiger partial charge in [-0.05, 0) is 30.5 Å². The Morgan fingerprint density at radius 3 is 2.50 bits per heavy atom. The zero-order chi connectivity index (χ0) is 21.3. The number of hydrogen-bond donors (Lipinski definition) is 3. The molecule has 1 aliphatic carbocycles. The van der Waals surface area contributed by atoms with Gasteiger partial charge in [-0.25, -0.2) is 0 Å². The summed E-state index contributed by atoms with van der Waals surface area (Å²) < 4.78 is 1.84. The van der Waals surface area contributed by atoms with E-state index in [-0.39, 0.29) is 18.4 Å². The molecule has 0 atom stereocenters. The molecule has 9 nitrogen and oxygen atoms in total. The third-order valence-electron chi connectivity index (χ3n) is 4.97. The lowest BCUT2D eigenvalue weighted by molar-refractivity contribution is -0.129. The average molecular weight is 431 g/mol. The Hall–Kier alpha value is -2.88. The molecule has 0 unspecified atom stereocenters. The van der Waals surface area contributed by atoms with E-state index in [1.54, 1.807) is 30.2 Å². The van der Waals surface area contributed by atoms with Crippen LogP contribution >= 0.6 is 11.8 Å². The first-order chi connectivity index (χ1) is 14.5. The van der Waals surface area contributed by atoms with Crippen LogP contribution in [0.25, 0.3) is 0 Å². The Morgan fingerprint density at radius 2 is 1.83 bits per heavy atom. The van der Waals surface area contributed by atoms with Gasteiger partial charge in [0, 0.05) is 24.3 Å². The van der Waals surface area contributed by atoms with Gasteiger partial charge in [0.25, 0.3) is 11.8 Å². The number of hydrogen-bond acceptors (Lipinski definition) is 6. The van der Waals surface area contributed by atoms with Gasteiger partial charge >= 0.3 is 0 Å². The lowest BCUT2D eigenvalue weighted by Gasteiger charge is -2.20. The number of carbonyl (C=O) groups is 3. The van der Waals surface area contributed by atoms with E-state index in [1.807, 2.05) is 23.7 Å². The molecule has 0 spiro atoms. The van der Waals surface area contributed by atoms with Gasteiger partial charge in [-0.1, -0.05) is 43.2 Å². The molecule has 0 aliphatic heterocycles. The predicted octanol–water partition coefficient (Wildman–Crippen LogP) is 1.56. The molecule has 3 N–H and O–H groups in total. The summed E-state index contributed by atoms with van der Waals surface area (Å²) in [6.07, 6.45) is 6.66. The molecule has 1 aromatic carbocycles. The second-order valence-corrected chi connectivity index (χ2v) is 8.21. The normalized spacial score (nSPS) is 14.2. The van der Waals surface area contributed by atoms with Crippen LogP contribution in [0.3, 0.4) is 0 Å². The van der Waals surface area contributed by atoms with Crippen LogP contribution in [0, 0.1) is 5.92 Å². The lowest BCUT2D eigenvalue weighted by Crippen LogP contribution is -2.47. The monoisotopic (exact) mass is 430 g/mol. The van der Waals surface area contributed by atoms with Gasteiger partial charge < -0.3 is 9.88 Å². The van der Waals surface area contributed by atoms with Crippen molar-refractivity contribution in [3.63, 3.8) is 0 Å². The number of thioether (sulfide) groups is 1. The van der Waals surface area contributed by atoms with Gasteiger partial charge in [-0.2, -0.15) is 0 Å². The molecule has 1 aromatic heterocycles. The van der Waals surface area contributed by atoms with Crippen LogP contribution in [0.15, 0.2) is 35.7 Å². The van der Waals surface area contributed by atoms with Gasteiger partial charge in [0.1, 0.15) is 6.33 Å². The van der Waals surface area contributed by atoms with Gasteiger partial charge in [0.15, 0.2) is 5.16 Å². The number of aryl methyl sites for hydroxylation is 1. The Bertz CT molecular complexity index is 877. The Labute approximate surface area is 179 Å². The average Bonchev–Trinajstić information content (AvgIpc) is 3.20. The van der Waals surface area contributed by atoms with E-state index in [0.29, 0.717) is 11.3 Å². The number of hydrazine groups is 1. The maximum atomic E-state index is 12.2. The number of aromatic nitrogens is 3. The van der Waals surface area contributed by atoms with E-state index in [1.165, 1.54) is 0 Å². The Balaban J connectivity index is 1.38. The minimum Gasteiger partial charge on any atom is -0.347 e. The highest BCUT2D eigenvalue weighted by atomic mass is 32.2. The number of nitrogens with zero attached hydrogens (tertiary/aromatic N) is 3. The van der Waals surface area contributed by atoms with Gasteiger partial charge in [0.05, 0.1) is 6.54 Å². The molecule has 1 heterocycles. The molecule has 0 bridgehead atoms. The predicted molar refractivity (Wildman–Crippen MR) is 112 cm³/mol. The van der Waals surface area contributed by atoms with Crippen LogP contribution < -0.4 is 16.2 Å². The summed E-state index contributed by atoms with van der Waals surface area (Å²) in [4.78, 5) is 36.1. The van der Waals surface area contributed by atoms with Crippen molar-refractivity contribution in [2.24, 2.45) is 13.0 Å². The van der Waals surface area contributed by atoms with Crippen LogP contribution in [0.2, 0.25) is 0 Å². The van der Waals surface area contributed by atoms with Crippen LogP contribution in [0.4, 0.5) is 0 Å². The molecule has 2 aromatic rings. The number of amides is 3. The summed E-state index contributed by atoms with van der Waals surface area (Å²) in [5.74, 6) is -0.289. The Kier molecular flexibility index (Phi) is 7.83. The second-order valence-electron chi connectivity index (χ2n) is 7.27. The first-order valence-electron chi connectivity index (χ1n) is 9.95. The summed E-state index contributed by atoms with van der Waals surface area (Å²) in [5, 5.41) is 11.3. The van der Waals surface area contributed by atoms with Crippen LogP contribution in [-0.2, 0) is 22.4 Å². The largest absolute Gasteiger partial charge is 0.347 e. The molecule has 0 radical (unpaired) electrons. The van der Waals surface area contributed by atoms with Crippen LogP contribution in [-0.4, -0.2) is 39.0 Å². The zero-order valence-electron chi connectivity index (χ0n) is 16.9. The van der Waals surface area contributed by atoms with Crippen LogP contribution in [0.5, 0.6) is 0 Å². The molecule has 30 heavy (non-hydrogen) atoms. The molecular formula is C20H26N6O3S. The zero-order valence-corrected chi connectivity index (χ0v) is 17.7. The summed E-state index contributed by atoms with van der Waals surface area (Å²) in [6.45, 7) is -0.159. The molecule has 1 aliphatic rings. The number of rotatable bonds is 7. The van der Waals surface area contributed by atoms with E-state index >= 15 is 0 Å². The fourth-order valence-corrected chi connectivity index (χ4v) is 4.07. The molecule has 1 saturated carbocycles. The van der Waals surface area contributed by atoms with E-state index in [0.717, 1.165) is 42.8 Å². The van der Waals surface area contributed by atoms with Crippen molar-refractivity contribution in [1.29, 1.82) is 0 Å². The SMILES string of the molecule is Cn1cnnc1SCc1ccc(C(=O)NNC(=O)CNC(=O)C2CCCCC2)cc1. The summed E-state index contributed by atoms with van der Waals surface area (Å²) in [6, 6.07) is 7.09. The maximum Gasteiger partial charge on any atom is 0.269 e. The topological polar surface area (TPSA) is 118 Å². The first-order valence-corrected chi connectivity index (χ1v) is 10.9. The fourth-order valence-electron chi connectivity index (χ4n) is 3.22. The highest BCUT2D eigenvalue weighted by Crippen LogP contribution is 2.23. The van der Waals surface area contributed by atoms with Crippen molar-refractivity contribution in [2.45, 2.75) is 43.0 Å². The molecule has 3 rings (SSSR count). The molecule has 3 amide bonds. The van der Waals surface area contributed by atoms with Crippen molar-refractivity contribution in [1.82, 2.24) is 30.9 Å². The van der Waals surface area contributed by atoms with Crippen molar-refractivity contribution >= 4 is 29.5 Å². The highest BCUT2D eigenvalue weighted by Gasteiger charge is 2.21. The first kappa shape index (κ1) is 21.8. The molecule has 1 fully saturated rings. The maximum absolute atomic E-state index is 12.2. The van der Waals surface area contributed by atoms with Crippen LogP contribution in [0.1, 0.15) is 48.0 Å². The van der Waals surface area contributed by atoms with Crippen molar-refractivity contribution < 1.29 is 14.4 Å². The number of carbonyl (C=O) groups excluding carboxylic acids is 3. The third-order valence-corrected chi connectivity index (χ3v) is 6.07. The molecule has 0 saturated heterocycles. The molecule has 160 valence electrons. The smallest absolute Gasteiger partial charge is 0.269 e. The van der Waals surface area contributed by atoms with E-state index < -0.39 is 11.8 Å². The highest BCUT2D eigenvalue weighted by molar-refractivity contribution is 7.98. The second kappa shape index (κ2) is 10.8. The van der Waals surface area contributed by atoms with Crippen molar-refractivity contribution in [3.05, 3.63) is 41.7 Å². The van der Waals surface area contributed by atoms with E-state index in [9.17, 15) is 14.4 Å². The number of nitrogens with one attached hydrogen (secondary N) is 3. The minimum absolute atomic E-state index is 0.00788.